The van der Waals surface area contributed by atoms with Crippen LogP contribution in [0, 0.1) is 11.2 Å². The van der Waals surface area contributed by atoms with Gasteiger partial charge in [-0.25, -0.2) is 4.39 Å². The molecule has 1 fully saturated rings. The van der Waals surface area contributed by atoms with E-state index in [0.717, 1.165) is 6.54 Å². The number of rotatable bonds is 2. The maximum Gasteiger partial charge on any atom is 0.126 e. The Kier molecular flexibility index (Phi) is 4.76. The van der Waals surface area contributed by atoms with E-state index in [4.69, 9.17) is 4.74 Å². The molecule has 1 aromatic rings. The molecular weight excluding hydrogens is 253 g/mol. The Morgan fingerprint density at radius 2 is 1.94 bits per heavy atom. The van der Waals surface area contributed by atoms with E-state index in [2.05, 4.69) is 19.2 Å². The molecule has 0 bridgehead atoms. The van der Waals surface area contributed by atoms with E-state index in [1.807, 2.05) is 19.1 Å². The monoisotopic (exact) mass is 273 g/mol. The van der Waals surface area contributed by atoms with Crippen molar-refractivity contribution in [3.8, 4) is 0 Å². The van der Waals surface area contributed by atoms with E-state index < -0.39 is 5.72 Å². The van der Waals surface area contributed by atoms with Crippen molar-refractivity contribution >= 4 is 12.4 Å². The normalized spacial score (nSPS) is 26.4. The van der Waals surface area contributed by atoms with Crippen LogP contribution >= 0.6 is 12.4 Å². The highest BCUT2D eigenvalue weighted by Crippen LogP contribution is 2.27. The number of hydrogen-bond acceptors (Lipinski definition) is 2. The minimum atomic E-state index is -0.461. The molecule has 0 aliphatic carbocycles. The maximum atomic E-state index is 13.6. The number of nitrogens with one attached hydrogen (secondary N) is 1. The summed E-state index contributed by atoms with van der Waals surface area (Å²) in [4.78, 5) is 0. The first-order valence-electron chi connectivity index (χ1n) is 6.03. The second-order valence-electron chi connectivity index (χ2n) is 5.81. The maximum absolute atomic E-state index is 13.6. The molecule has 1 N–H and O–H groups in total. The molecule has 0 amide bonds. The molecule has 1 aromatic carbocycles. The predicted molar refractivity (Wildman–Crippen MR) is 73.5 cm³/mol. The van der Waals surface area contributed by atoms with Crippen LogP contribution in [0.5, 0.6) is 0 Å². The summed E-state index contributed by atoms with van der Waals surface area (Å²) >= 11 is 0. The van der Waals surface area contributed by atoms with Crippen molar-refractivity contribution in [1.82, 2.24) is 5.32 Å². The third-order valence-electron chi connectivity index (χ3n) is 3.21. The average Bonchev–Trinajstić information content (AvgIpc) is 2.27. The molecular formula is C14H21ClFNO. The summed E-state index contributed by atoms with van der Waals surface area (Å²) in [5.74, 6) is -0.163. The van der Waals surface area contributed by atoms with Crippen LogP contribution < -0.4 is 5.32 Å². The van der Waals surface area contributed by atoms with Gasteiger partial charge in [0.1, 0.15) is 11.5 Å². The van der Waals surface area contributed by atoms with Crippen molar-refractivity contribution in [2.24, 2.45) is 5.41 Å². The summed E-state index contributed by atoms with van der Waals surface area (Å²) in [6, 6.07) is 6.87. The summed E-state index contributed by atoms with van der Waals surface area (Å²) in [5, 5.41) is 3.37. The van der Waals surface area contributed by atoms with Crippen LogP contribution in [-0.4, -0.2) is 18.9 Å². The van der Waals surface area contributed by atoms with Gasteiger partial charge in [0.2, 0.25) is 0 Å². The quantitative estimate of drug-likeness (QED) is 0.894. The van der Waals surface area contributed by atoms with Gasteiger partial charge >= 0.3 is 0 Å². The minimum Gasteiger partial charge on any atom is -0.360 e. The fraction of sp³-hybridized carbons (Fsp3) is 0.571. The molecule has 2 nitrogen and oxygen atoms in total. The van der Waals surface area contributed by atoms with E-state index in [-0.39, 0.29) is 23.6 Å². The van der Waals surface area contributed by atoms with Crippen LogP contribution in [-0.2, 0) is 11.2 Å². The first kappa shape index (κ1) is 15.4. The van der Waals surface area contributed by atoms with Gasteiger partial charge in [-0.3, -0.25) is 5.32 Å². The van der Waals surface area contributed by atoms with Crippen molar-refractivity contribution in [3.05, 3.63) is 35.6 Å². The zero-order valence-electron chi connectivity index (χ0n) is 11.1. The van der Waals surface area contributed by atoms with Crippen LogP contribution in [0.25, 0.3) is 0 Å². The Labute approximate surface area is 114 Å². The zero-order chi connectivity index (χ0) is 12.5. The van der Waals surface area contributed by atoms with E-state index in [1.165, 1.54) is 6.07 Å². The molecule has 1 heterocycles. The number of ether oxygens (including phenoxy) is 1. The lowest BCUT2D eigenvalue weighted by atomic mass is 9.90. The third-order valence-corrected chi connectivity index (χ3v) is 3.21. The molecule has 1 atom stereocenters. The van der Waals surface area contributed by atoms with Crippen LogP contribution in [0.2, 0.25) is 0 Å². The zero-order valence-corrected chi connectivity index (χ0v) is 11.9. The van der Waals surface area contributed by atoms with Crippen LogP contribution in [0.3, 0.4) is 0 Å². The summed E-state index contributed by atoms with van der Waals surface area (Å²) in [6.45, 7) is 7.88. The molecule has 0 radical (unpaired) electrons. The van der Waals surface area contributed by atoms with Gasteiger partial charge < -0.3 is 4.74 Å². The van der Waals surface area contributed by atoms with Gasteiger partial charge in [-0.05, 0) is 18.6 Å². The Hall–Kier alpha value is -0.640. The molecule has 4 heteroatoms. The minimum absolute atomic E-state index is 0. The highest BCUT2D eigenvalue weighted by Gasteiger charge is 2.35. The van der Waals surface area contributed by atoms with Crippen molar-refractivity contribution in [1.29, 1.82) is 0 Å². The Morgan fingerprint density at radius 3 is 2.50 bits per heavy atom. The predicted octanol–water partition coefficient (Wildman–Crippen LogP) is 3.15. The molecule has 1 saturated heterocycles. The second kappa shape index (κ2) is 5.55. The lowest BCUT2D eigenvalue weighted by Crippen LogP contribution is -2.57. The molecule has 1 unspecified atom stereocenters. The van der Waals surface area contributed by atoms with E-state index in [9.17, 15) is 4.39 Å². The molecule has 1 aliphatic heterocycles. The van der Waals surface area contributed by atoms with E-state index in [1.54, 1.807) is 6.07 Å². The lowest BCUT2D eigenvalue weighted by Gasteiger charge is -2.42. The van der Waals surface area contributed by atoms with Crippen LogP contribution in [0.4, 0.5) is 4.39 Å². The van der Waals surface area contributed by atoms with Gasteiger partial charge in [0, 0.05) is 18.4 Å². The number of hydrogen-bond donors (Lipinski definition) is 1. The molecule has 1 aliphatic rings. The van der Waals surface area contributed by atoms with Crippen molar-refractivity contribution < 1.29 is 9.13 Å². The lowest BCUT2D eigenvalue weighted by molar-refractivity contribution is -0.125. The first-order chi connectivity index (χ1) is 7.90. The van der Waals surface area contributed by atoms with E-state index >= 15 is 0 Å². The van der Waals surface area contributed by atoms with Crippen LogP contribution in [0.1, 0.15) is 26.3 Å². The molecule has 0 saturated carbocycles. The first-order valence-corrected chi connectivity index (χ1v) is 6.03. The largest absolute Gasteiger partial charge is 0.360 e. The van der Waals surface area contributed by atoms with Crippen molar-refractivity contribution in [2.75, 3.05) is 13.2 Å². The van der Waals surface area contributed by atoms with Gasteiger partial charge in [-0.2, -0.15) is 0 Å². The molecule has 2 rings (SSSR count). The standard InChI is InChI=1S/C14H20FNO.ClH/c1-13(2)9-16-14(3,17-10-13)8-11-6-4-5-7-12(11)15;/h4-7,16H,8-10H2,1-3H3;1H. The highest BCUT2D eigenvalue weighted by atomic mass is 35.5. The summed E-state index contributed by atoms with van der Waals surface area (Å²) in [6.07, 6.45) is 0.551. The van der Waals surface area contributed by atoms with Crippen molar-refractivity contribution in [2.45, 2.75) is 32.9 Å². The Balaban J connectivity index is 0.00000162. The summed E-state index contributed by atoms with van der Waals surface area (Å²) in [7, 11) is 0. The van der Waals surface area contributed by atoms with Crippen LogP contribution in [0.15, 0.2) is 24.3 Å². The van der Waals surface area contributed by atoms with Gasteiger partial charge in [0.15, 0.2) is 0 Å². The van der Waals surface area contributed by atoms with Gasteiger partial charge in [0.25, 0.3) is 0 Å². The molecule has 102 valence electrons. The SMILES string of the molecule is CC1(C)CNC(C)(Cc2ccccc2F)OC1.Cl. The van der Waals surface area contributed by atoms with E-state index in [0.29, 0.717) is 18.6 Å². The third kappa shape index (κ3) is 3.67. The van der Waals surface area contributed by atoms with Crippen molar-refractivity contribution in [3.63, 3.8) is 0 Å². The molecule has 18 heavy (non-hydrogen) atoms. The Bertz CT molecular complexity index is 399. The fourth-order valence-electron chi connectivity index (χ4n) is 2.00. The Morgan fingerprint density at radius 1 is 1.28 bits per heavy atom. The molecule has 0 aromatic heterocycles. The fourth-order valence-corrected chi connectivity index (χ4v) is 2.00. The highest BCUT2D eigenvalue weighted by molar-refractivity contribution is 5.85. The number of benzene rings is 1. The second-order valence-corrected chi connectivity index (χ2v) is 5.81. The van der Waals surface area contributed by atoms with Gasteiger partial charge in [-0.1, -0.05) is 32.0 Å². The average molecular weight is 274 g/mol. The number of halogens is 2. The van der Waals surface area contributed by atoms with Gasteiger partial charge in [0.05, 0.1) is 6.61 Å². The smallest absolute Gasteiger partial charge is 0.126 e. The topological polar surface area (TPSA) is 21.3 Å². The summed E-state index contributed by atoms with van der Waals surface area (Å²) < 4.78 is 19.4. The summed E-state index contributed by atoms with van der Waals surface area (Å²) in [5.41, 5.74) is 0.383. The van der Waals surface area contributed by atoms with Gasteiger partial charge in [-0.15, -0.1) is 12.4 Å². The molecule has 0 spiro atoms.